The predicted molar refractivity (Wildman–Crippen MR) is 319 cm³/mol. The second-order valence-corrected chi connectivity index (χ2v) is 21.7. The van der Waals surface area contributed by atoms with Crippen molar-refractivity contribution in [2.24, 2.45) is 0 Å². The van der Waals surface area contributed by atoms with Crippen molar-refractivity contribution < 1.29 is 8.83 Å². The summed E-state index contributed by atoms with van der Waals surface area (Å²) in [5.41, 5.74) is 23.4. The van der Waals surface area contributed by atoms with Gasteiger partial charge in [-0.2, -0.15) is 0 Å². The van der Waals surface area contributed by atoms with Crippen LogP contribution < -0.4 is 9.80 Å². The molecular weight excluding hydrogens is 939 g/mol. The Hall–Kier alpha value is -9.32. The van der Waals surface area contributed by atoms with Gasteiger partial charge in [0.15, 0.2) is 0 Å². The van der Waals surface area contributed by atoms with Gasteiger partial charge in [0.1, 0.15) is 22.3 Å². The number of benzene rings is 10. The molecule has 366 valence electrons. The maximum absolute atomic E-state index is 6.90. The molecule has 0 bridgehead atoms. The van der Waals surface area contributed by atoms with Gasteiger partial charge in [0.2, 0.25) is 0 Å². The predicted octanol–water partition coefficient (Wildman–Crippen LogP) is 19.8. The summed E-state index contributed by atoms with van der Waals surface area (Å²) in [6.45, 7) is 0. The van der Waals surface area contributed by atoms with Gasteiger partial charge in [-0.05, 0) is 150 Å². The molecule has 1 aliphatic heterocycles. The minimum atomic E-state index is -0.000646. The first-order chi connectivity index (χ1) is 38.2. The van der Waals surface area contributed by atoms with E-state index in [1.807, 2.05) is 0 Å². The lowest BCUT2D eigenvalue weighted by molar-refractivity contribution is 0.353. The first-order valence-corrected chi connectivity index (χ1v) is 27.5. The van der Waals surface area contributed by atoms with E-state index in [2.05, 4.69) is 245 Å². The number of hydrogen-bond acceptors (Lipinski definition) is 4. The van der Waals surface area contributed by atoms with Crippen LogP contribution in [-0.2, 0) is 5.41 Å². The topological polar surface area (TPSA) is 37.7 Å². The standard InChI is InChI=1S/C72H51N3O2/c1-12-41-72(42-13-1)56-22-7-2-20-52(56)69-57(72)23-14-27-62(69)75(63-28-15-31-67-70(63)53-21-6-11-30-65(53)76-67)64-29-16-32-68-71(64)55-44-46(34-40-66(55)77-68)45-33-39-61-54(43-45)51-19-5-10-26-60(51)74(61)48-37-35-47(36-38-48)73-58-24-8-3-17-49(58)50-18-4-9-25-59(50)73/h2-11,14-25,27-40,43-44,60H,1,12-13,26,41-42H2. The Balaban J connectivity index is 0.821. The largest absolute Gasteiger partial charge is 0.456 e. The molecule has 4 aliphatic rings. The zero-order chi connectivity index (χ0) is 50.3. The molecule has 5 nitrogen and oxygen atoms in total. The van der Waals surface area contributed by atoms with Gasteiger partial charge in [-0.15, -0.1) is 0 Å². The molecule has 0 radical (unpaired) electrons. The van der Waals surface area contributed by atoms with Gasteiger partial charge in [-0.25, -0.2) is 0 Å². The second-order valence-electron chi connectivity index (χ2n) is 21.7. The van der Waals surface area contributed by atoms with Crippen molar-refractivity contribution in [2.75, 3.05) is 9.80 Å². The molecular formula is C72H51N3O2. The van der Waals surface area contributed by atoms with E-state index in [0.29, 0.717) is 0 Å². The summed E-state index contributed by atoms with van der Waals surface area (Å²) >= 11 is 0. The molecule has 77 heavy (non-hydrogen) atoms. The number of allylic oxidation sites excluding steroid dienone is 2. The summed E-state index contributed by atoms with van der Waals surface area (Å²) in [5, 5.41) is 6.91. The Kier molecular flexibility index (Phi) is 9.12. The lowest BCUT2D eigenvalue weighted by atomic mass is 9.68. The van der Waals surface area contributed by atoms with Crippen LogP contribution in [0, 0.1) is 0 Å². The Morgan fingerprint density at radius 1 is 0.455 bits per heavy atom. The molecule has 4 heterocycles. The van der Waals surface area contributed by atoms with Crippen LogP contribution in [0.5, 0.6) is 0 Å². The van der Waals surface area contributed by atoms with Crippen molar-refractivity contribution in [3.63, 3.8) is 0 Å². The van der Waals surface area contributed by atoms with E-state index >= 15 is 0 Å². The van der Waals surface area contributed by atoms with E-state index < -0.39 is 0 Å². The summed E-state index contributed by atoms with van der Waals surface area (Å²) < 4.78 is 15.9. The summed E-state index contributed by atoms with van der Waals surface area (Å²) in [6.07, 6.45) is 13.9. The normalized spacial score (nSPS) is 16.2. The molecule has 5 heteroatoms. The lowest BCUT2D eigenvalue weighted by Gasteiger charge is -2.36. The van der Waals surface area contributed by atoms with Gasteiger partial charge >= 0.3 is 0 Å². The van der Waals surface area contributed by atoms with Crippen LogP contribution in [0.2, 0.25) is 0 Å². The monoisotopic (exact) mass is 989 g/mol. The molecule has 10 aromatic carbocycles. The number of para-hydroxylation sites is 3. The number of fused-ring (bicyclic) bond motifs is 17. The summed E-state index contributed by atoms with van der Waals surface area (Å²) in [4.78, 5) is 5.09. The maximum atomic E-state index is 6.90. The van der Waals surface area contributed by atoms with Crippen LogP contribution in [-0.4, -0.2) is 10.6 Å². The molecule has 0 amide bonds. The zero-order valence-corrected chi connectivity index (χ0v) is 42.4. The van der Waals surface area contributed by atoms with Gasteiger partial charge in [0.05, 0.1) is 44.9 Å². The van der Waals surface area contributed by atoms with Crippen molar-refractivity contribution >= 4 is 99.7 Å². The number of hydrogen-bond donors (Lipinski definition) is 0. The minimum absolute atomic E-state index is 0.000646. The number of furan rings is 2. The van der Waals surface area contributed by atoms with E-state index in [-0.39, 0.29) is 11.5 Å². The molecule has 1 saturated carbocycles. The maximum Gasteiger partial charge on any atom is 0.137 e. The third-order valence-electron chi connectivity index (χ3n) is 17.9. The van der Waals surface area contributed by atoms with Crippen LogP contribution in [0.25, 0.3) is 99.2 Å². The van der Waals surface area contributed by atoms with Gasteiger partial charge in [0.25, 0.3) is 0 Å². The zero-order valence-electron chi connectivity index (χ0n) is 42.4. The van der Waals surface area contributed by atoms with E-state index in [9.17, 15) is 0 Å². The second kappa shape index (κ2) is 16.3. The van der Waals surface area contributed by atoms with E-state index in [0.717, 1.165) is 72.9 Å². The van der Waals surface area contributed by atoms with Crippen molar-refractivity contribution in [1.29, 1.82) is 0 Å². The average molecular weight is 990 g/mol. The third-order valence-corrected chi connectivity index (χ3v) is 17.9. The van der Waals surface area contributed by atoms with Crippen LogP contribution in [0.15, 0.2) is 239 Å². The molecule has 1 atom stereocenters. The van der Waals surface area contributed by atoms with Crippen molar-refractivity contribution in [2.45, 2.75) is 50.0 Å². The molecule has 1 unspecified atom stereocenters. The number of nitrogens with zero attached hydrogens (tertiary/aromatic N) is 3. The first kappa shape index (κ1) is 43.0. The Morgan fingerprint density at radius 2 is 1.05 bits per heavy atom. The van der Waals surface area contributed by atoms with Crippen LogP contribution in [0.1, 0.15) is 55.2 Å². The Bertz CT molecular complexity index is 4620. The highest BCUT2D eigenvalue weighted by molar-refractivity contribution is 6.19. The Morgan fingerprint density at radius 3 is 1.83 bits per heavy atom. The molecule has 13 aromatic rings. The third kappa shape index (κ3) is 6.11. The molecule has 0 saturated heterocycles. The van der Waals surface area contributed by atoms with Gasteiger partial charge in [0, 0.05) is 55.1 Å². The number of anilines is 5. The fourth-order valence-electron chi connectivity index (χ4n) is 14.6. The quantitative estimate of drug-likeness (QED) is 0.166. The summed E-state index contributed by atoms with van der Waals surface area (Å²) in [7, 11) is 0. The molecule has 3 aliphatic carbocycles. The molecule has 0 N–H and O–H groups in total. The highest BCUT2D eigenvalue weighted by atomic mass is 16.3. The van der Waals surface area contributed by atoms with Gasteiger partial charge < -0.3 is 23.2 Å². The highest BCUT2D eigenvalue weighted by Crippen LogP contribution is 2.60. The fourth-order valence-corrected chi connectivity index (χ4v) is 14.6. The number of rotatable bonds is 6. The van der Waals surface area contributed by atoms with Crippen molar-refractivity contribution in [1.82, 2.24) is 4.57 Å². The van der Waals surface area contributed by atoms with E-state index in [1.165, 1.54) is 110 Å². The summed E-state index contributed by atoms with van der Waals surface area (Å²) in [5.74, 6) is 0. The van der Waals surface area contributed by atoms with E-state index in [4.69, 9.17) is 8.83 Å². The van der Waals surface area contributed by atoms with Crippen LogP contribution in [0.3, 0.4) is 0 Å². The van der Waals surface area contributed by atoms with E-state index in [1.54, 1.807) is 0 Å². The SMILES string of the molecule is C1=CCC2C(=C1)c1cc(-c3ccc4oc5cccc(N(c6cccc7c6-c6ccccc6C76CCCCC6)c6cccc7oc8ccccc8c67)c5c4c3)ccc1N2c1ccc(-n2c3ccccc3c3ccccc32)cc1. The first-order valence-electron chi connectivity index (χ1n) is 27.5. The van der Waals surface area contributed by atoms with Gasteiger partial charge in [-0.3, -0.25) is 0 Å². The Labute approximate surface area is 445 Å². The smallest absolute Gasteiger partial charge is 0.137 e. The molecule has 3 aromatic heterocycles. The van der Waals surface area contributed by atoms with Crippen molar-refractivity contribution in [3.8, 4) is 27.9 Å². The van der Waals surface area contributed by atoms with Gasteiger partial charge in [-0.1, -0.05) is 153 Å². The molecule has 17 rings (SSSR count). The lowest BCUT2D eigenvalue weighted by Crippen LogP contribution is -2.28. The minimum Gasteiger partial charge on any atom is -0.456 e. The average Bonchev–Trinajstić information content (AvgIpc) is 4.41. The van der Waals surface area contributed by atoms with Crippen LogP contribution in [0.4, 0.5) is 28.4 Å². The highest BCUT2D eigenvalue weighted by Gasteiger charge is 2.45. The van der Waals surface area contributed by atoms with Crippen molar-refractivity contribution in [3.05, 3.63) is 247 Å². The molecule has 1 fully saturated rings. The molecule has 1 spiro atoms. The number of aromatic nitrogens is 1. The fraction of sp³-hybridized carbons (Fsp3) is 0.111. The van der Waals surface area contributed by atoms with Crippen LogP contribution >= 0.6 is 0 Å². The summed E-state index contributed by atoms with van der Waals surface area (Å²) in [6, 6.07) is 78.7.